The van der Waals surface area contributed by atoms with Gasteiger partial charge in [-0.3, -0.25) is 19.5 Å². The molecule has 1 saturated heterocycles. The van der Waals surface area contributed by atoms with Crippen molar-refractivity contribution in [2.45, 2.75) is 26.1 Å². The number of carbonyl (C=O) groups excluding carboxylic acids is 2. The maximum Gasteiger partial charge on any atom is 0.254 e. The molecule has 2 atom stereocenters. The van der Waals surface area contributed by atoms with Crippen molar-refractivity contribution in [3.8, 4) is 0 Å². The Morgan fingerprint density at radius 3 is 2.68 bits per heavy atom. The molecule has 2 aliphatic rings. The summed E-state index contributed by atoms with van der Waals surface area (Å²) in [5.74, 6) is 0.108. The Kier molecular flexibility index (Phi) is 5.66. The first-order valence-electron chi connectivity index (χ1n) is 8.13. The van der Waals surface area contributed by atoms with Crippen molar-refractivity contribution in [2.24, 2.45) is 4.99 Å². The van der Waals surface area contributed by atoms with E-state index in [0.717, 1.165) is 0 Å². The van der Waals surface area contributed by atoms with Crippen LogP contribution in [0, 0.1) is 0 Å². The molecule has 25 heavy (non-hydrogen) atoms. The SMILES string of the molecule is C[C@@H]1CN(C(=O)CSC2=NCC(=O)N2c2ccccc2Cl)C[C@@H](C)O1. The number of amides is 2. The molecule has 0 bridgehead atoms. The molecule has 1 aromatic rings. The Hall–Kier alpha value is -1.57. The Labute approximate surface area is 156 Å². The molecule has 2 amide bonds. The highest BCUT2D eigenvalue weighted by molar-refractivity contribution is 8.14. The summed E-state index contributed by atoms with van der Waals surface area (Å²) in [6.45, 7) is 5.17. The summed E-state index contributed by atoms with van der Waals surface area (Å²) in [5.41, 5.74) is 0.596. The lowest BCUT2D eigenvalue weighted by Gasteiger charge is -2.35. The minimum Gasteiger partial charge on any atom is -0.372 e. The van der Waals surface area contributed by atoms with Crippen LogP contribution in [0.4, 0.5) is 5.69 Å². The van der Waals surface area contributed by atoms with Crippen molar-refractivity contribution < 1.29 is 14.3 Å². The number of aliphatic imine (C=N–C) groups is 1. The first-order chi connectivity index (χ1) is 12.0. The number of thioether (sulfide) groups is 1. The van der Waals surface area contributed by atoms with Crippen LogP contribution in [-0.2, 0) is 14.3 Å². The number of morpholine rings is 1. The van der Waals surface area contributed by atoms with Crippen molar-refractivity contribution in [3.63, 3.8) is 0 Å². The molecule has 0 aromatic heterocycles. The van der Waals surface area contributed by atoms with Gasteiger partial charge in [0.2, 0.25) is 5.91 Å². The Bertz CT molecular complexity index is 702. The second kappa shape index (κ2) is 7.76. The highest BCUT2D eigenvalue weighted by Crippen LogP contribution is 2.30. The van der Waals surface area contributed by atoms with Gasteiger partial charge in [-0.15, -0.1) is 0 Å². The van der Waals surface area contributed by atoms with E-state index in [2.05, 4.69) is 4.99 Å². The summed E-state index contributed by atoms with van der Waals surface area (Å²) in [7, 11) is 0. The Morgan fingerprint density at radius 1 is 1.32 bits per heavy atom. The van der Waals surface area contributed by atoms with Crippen molar-refractivity contribution >= 4 is 46.0 Å². The molecule has 134 valence electrons. The molecular formula is C17H20ClN3O3S. The fourth-order valence-corrected chi connectivity index (χ4v) is 4.10. The van der Waals surface area contributed by atoms with Crippen LogP contribution in [-0.4, -0.2) is 59.5 Å². The van der Waals surface area contributed by atoms with Gasteiger partial charge in [-0.25, -0.2) is 0 Å². The summed E-state index contributed by atoms with van der Waals surface area (Å²) in [5, 5.41) is 0.994. The van der Waals surface area contributed by atoms with Gasteiger partial charge < -0.3 is 9.64 Å². The van der Waals surface area contributed by atoms with E-state index in [1.165, 1.54) is 16.7 Å². The molecular weight excluding hydrogens is 362 g/mol. The van der Waals surface area contributed by atoms with E-state index in [9.17, 15) is 9.59 Å². The van der Waals surface area contributed by atoms with Crippen LogP contribution in [0.15, 0.2) is 29.3 Å². The summed E-state index contributed by atoms with van der Waals surface area (Å²) < 4.78 is 5.65. The highest BCUT2D eigenvalue weighted by atomic mass is 35.5. The summed E-state index contributed by atoms with van der Waals surface area (Å²) >= 11 is 7.47. The molecule has 2 aliphatic heterocycles. The third kappa shape index (κ3) is 4.16. The molecule has 1 aromatic carbocycles. The van der Waals surface area contributed by atoms with Crippen LogP contribution < -0.4 is 4.90 Å². The zero-order valence-electron chi connectivity index (χ0n) is 14.1. The van der Waals surface area contributed by atoms with Crippen LogP contribution in [0.5, 0.6) is 0 Å². The molecule has 0 unspecified atom stereocenters. The maximum absolute atomic E-state index is 12.5. The fraction of sp³-hybridized carbons (Fsp3) is 0.471. The van der Waals surface area contributed by atoms with Crippen molar-refractivity contribution in [2.75, 3.05) is 30.3 Å². The predicted octanol–water partition coefficient (Wildman–Crippen LogP) is 2.41. The number of nitrogens with zero attached hydrogens (tertiary/aromatic N) is 3. The van der Waals surface area contributed by atoms with E-state index in [-0.39, 0.29) is 36.3 Å². The van der Waals surface area contributed by atoms with Crippen molar-refractivity contribution in [3.05, 3.63) is 29.3 Å². The van der Waals surface area contributed by atoms with Crippen molar-refractivity contribution in [1.82, 2.24) is 4.90 Å². The number of rotatable bonds is 3. The molecule has 8 heteroatoms. The standard InChI is InChI=1S/C17H20ClN3O3S/c1-11-8-20(9-12(2)24-11)16(23)10-25-17-19-7-15(22)21(17)14-6-4-3-5-13(14)18/h3-6,11-12H,7-10H2,1-2H3/t11-,12-/m1/s1. The maximum atomic E-state index is 12.5. The average molecular weight is 382 g/mol. The topological polar surface area (TPSA) is 62.2 Å². The third-order valence-electron chi connectivity index (χ3n) is 3.98. The minimum absolute atomic E-state index is 0.0214. The van der Waals surface area contributed by atoms with Gasteiger partial charge in [0.15, 0.2) is 5.17 Å². The number of benzene rings is 1. The molecule has 0 saturated carbocycles. The summed E-state index contributed by atoms with van der Waals surface area (Å²) in [4.78, 5) is 32.3. The second-order valence-corrected chi connectivity index (χ2v) is 7.47. The average Bonchev–Trinajstić information content (AvgIpc) is 2.93. The van der Waals surface area contributed by atoms with Gasteiger partial charge in [-0.05, 0) is 26.0 Å². The van der Waals surface area contributed by atoms with Gasteiger partial charge in [-0.1, -0.05) is 35.5 Å². The van der Waals surface area contributed by atoms with E-state index >= 15 is 0 Å². The monoisotopic (exact) mass is 381 g/mol. The van der Waals surface area contributed by atoms with Crippen LogP contribution in [0.3, 0.4) is 0 Å². The molecule has 0 aliphatic carbocycles. The lowest BCUT2D eigenvalue weighted by atomic mass is 10.2. The number of para-hydroxylation sites is 1. The first kappa shape index (κ1) is 18.2. The molecule has 2 heterocycles. The van der Waals surface area contributed by atoms with Gasteiger partial charge in [0.1, 0.15) is 6.54 Å². The van der Waals surface area contributed by atoms with Gasteiger partial charge in [0, 0.05) is 13.1 Å². The fourth-order valence-electron chi connectivity index (χ4n) is 2.96. The van der Waals surface area contributed by atoms with E-state index < -0.39 is 0 Å². The van der Waals surface area contributed by atoms with Crippen molar-refractivity contribution in [1.29, 1.82) is 0 Å². The molecule has 1 fully saturated rings. The number of anilines is 1. The zero-order chi connectivity index (χ0) is 18.0. The van der Waals surface area contributed by atoms with Crippen LogP contribution in [0.2, 0.25) is 5.02 Å². The molecule has 3 rings (SSSR count). The minimum atomic E-state index is -0.142. The molecule has 6 nitrogen and oxygen atoms in total. The Morgan fingerprint density at radius 2 is 2.00 bits per heavy atom. The van der Waals surface area contributed by atoms with E-state index in [1.807, 2.05) is 24.8 Å². The number of hydrogen-bond donors (Lipinski definition) is 0. The van der Waals surface area contributed by atoms with Gasteiger partial charge in [0.05, 0.1) is 28.7 Å². The number of amidine groups is 1. The van der Waals surface area contributed by atoms with Gasteiger partial charge in [0.25, 0.3) is 5.91 Å². The van der Waals surface area contributed by atoms with Crippen LogP contribution in [0.25, 0.3) is 0 Å². The lowest BCUT2D eigenvalue weighted by Crippen LogP contribution is -2.49. The van der Waals surface area contributed by atoms with Crippen LogP contribution in [0.1, 0.15) is 13.8 Å². The van der Waals surface area contributed by atoms with Crippen LogP contribution >= 0.6 is 23.4 Å². The number of ether oxygens (including phenoxy) is 1. The lowest BCUT2D eigenvalue weighted by molar-refractivity contribution is -0.140. The number of carbonyl (C=O) groups is 2. The molecule has 0 radical (unpaired) electrons. The predicted molar refractivity (Wildman–Crippen MR) is 100 cm³/mol. The summed E-state index contributed by atoms with van der Waals surface area (Å²) in [6.07, 6.45) is 0.0606. The zero-order valence-corrected chi connectivity index (χ0v) is 15.7. The Balaban J connectivity index is 1.65. The quantitative estimate of drug-likeness (QED) is 0.806. The molecule has 0 N–H and O–H groups in total. The molecule has 0 spiro atoms. The summed E-state index contributed by atoms with van der Waals surface area (Å²) in [6, 6.07) is 7.12. The second-order valence-electron chi connectivity index (χ2n) is 6.12. The highest BCUT2D eigenvalue weighted by Gasteiger charge is 2.31. The first-order valence-corrected chi connectivity index (χ1v) is 9.50. The van der Waals surface area contributed by atoms with E-state index in [0.29, 0.717) is 29.0 Å². The van der Waals surface area contributed by atoms with E-state index in [4.69, 9.17) is 16.3 Å². The number of halogens is 1. The smallest absolute Gasteiger partial charge is 0.254 e. The normalized spacial score (nSPS) is 23.8. The van der Waals surface area contributed by atoms with Gasteiger partial charge >= 0.3 is 0 Å². The van der Waals surface area contributed by atoms with E-state index in [1.54, 1.807) is 18.2 Å². The number of hydrogen-bond acceptors (Lipinski definition) is 5. The third-order valence-corrected chi connectivity index (χ3v) is 5.26. The largest absolute Gasteiger partial charge is 0.372 e. The van der Waals surface area contributed by atoms with Gasteiger partial charge in [-0.2, -0.15) is 0 Å².